The molecular weight excluding hydrogens is 1920 g/mol. The van der Waals surface area contributed by atoms with E-state index in [0.29, 0.717) is 16.0 Å². The number of likely N-dealkylation sites (N-methyl/N-ethyl adjacent to an activating group) is 2. The van der Waals surface area contributed by atoms with Gasteiger partial charge < -0.3 is 25.1 Å². The Kier molecular flexibility index (Phi) is 62.9. The van der Waals surface area contributed by atoms with Crippen LogP contribution in [0, 0.1) is 0 Å². The average molecular weight is 1980 g/mol. The molecule has 3 aromatic heterocycles. The van der Waals surface area contributed by atoms with Gasteiger partial charge in [-0.05, 0) is 114 Å². The number of H-pyrrole nitrogens is 2. The van der Waals surface area contributed by atoms with Crippen molar-refractivity contribution in [2.75, 3.05) is 59.1 Å². The molecule has 0 fully saturated rings. The van der Waals surface area contributed by atoms with Crippen LogP contribution in [-0.2, 0) is 52.0 Å². The predicted octanol–water partition coefficient (Wildman–Crippen LogP) is -14.9. The molecule has 0 saturated heterocycles. The Balaban J connectivity index is 0.000000309. The van der Waals surface area contributed by atoms with Gasteiger partial charge in [0.1, 0.15) is 5.52 Å². The van der Waals surface area contributed by atoms with Gasteiger partial charge in [-0.2, -0.15) is 0 Å². The second-order valence-electron chi connectivity index (χ2n) is 38.0. The first-order chi connectivity index (χ1) is 68.0. The number of rotatable bonds is 37. The topological polar surface area (TPSA) is 97.1 Å². The second-order valence-corrected chi connectivity index (χ2v) is 43.7. The van der Waals surface area contributed by atoms with E-state index in [2.05, 4.69) is 131 Å². The first-order valence-electron chi connectivity index (χ1n) is 47.7. The van der Waals surface area contributed by atoms with Crippen molar-refractivity contribution in [1.29, 1.82) is 0 Å². The van der Waals surface area contributed by atoms with E-state index in [1.807, 2.05) is 35.6 Å². The Morgan fingerprint density at radius 3 is 0.959 bits per heavy atom. The molecule has 12 rings (SSSR count). The van der Waals surface area contributed by atoms with Crippen LogP contribution in [0.3, 0.4) is 0 Å². The number of nitrogens with one attached hydrogen (secondary N) is 3. The Morgan fingerprint density at radius 2 is 0.653 bits per heavy atom. The van der Waals surface area contributed by atoms with Crippen LogP contribution in [0.15, 0.2) is 123 Å². The first-order valence-corrected chi connectivity index (χ1v) is 52.3. The third-order valence-corrected chi connectivity index (χ3v) is 32.5. The molecule has 147 heavy (non-hydrogen) atoms. The molecule has 91 heteroatoms. The fourth-order valence-corrected chi connectivity index (χ4v) is 26.3. The van der Waals surface area contributed by atoms with Crippen LogP contribution in [0.4, 0.5) is 0 Å². The van der Waals surface area contributed by atoms with E-state index >= 15 is 0 Å². The van der Waals surface area contributed by atoms with Crippen molar-refractivity contribution in [1.82, 2.24) is 30.1 Å². The van der Waals surface area contributed by atoms with E-state index < -0.39 is 217 Å². The molecule has 6 aromatic carbocycles. The summed E-state index contributed by atoms with van der Waals surface area (Å²) in [7, 11) is 241. The zero-order valence-corrected chi connectivity index (χ0v) is 91.4. The Morgan fingerprint density at radius 1 is 0.367 bits per heavy atom. The quantitative estimate of drug-likeness (QED) is 0.0264. The molecule has 3 aliphatic heterocycles. The molecule has 0 spiro atoms. The van der Waals surface area contributed by atoms with Gasteiger partial charge in [-0.25, -0.2) is 4.98 Å². The summed E-state index contributed by atoms with van der Waals surface area (Å²) < 4.78 is 4.42. The first kappa shape index (κ1) is 139. The molecule has 6 heterocycles. The molecule has 0 unspecified atom stereocenters. The number of halogens is 3. The summed E-state index contributed by atoms with van der Waals surface area (Å²) in [4.78, 5) is 39.1. The predicted molar refractivity (Wildman–Crippen MR) is 738 cm³/mol. The van der Waals surface area contributed by atoms with Gasteiger partial charge in [0.2, 0.25) is 0 Å². The summed E-state index contributed by atoms with van der Waals surface area (Å²) in [6, 6.07) is 38.1. The van der Waals surface area contributed by atoms with Crippen molar-refractivity contribution in [3.63, 3.8) is 0 Å². The van der Waals surface area contributed by atoms with Crippen LogP contribution in [0.5, 0.6) is 0 Å². The SMILES string of the molecule is C.CCSc1nc2c(Cl)cc3c(c2s1)[C@@H](c1ccccc1)CN(C)CC3.CN1CCc2cc(Cl)c3[nH]c(=O)sc3c2[C@@H](c2ccccc2)C1.O=c1[nH]c2c(Cl)cc3c(c2s1)[C@@H](c1ccccc1)CNCC3.[B]B([B])B(B([B])[B])B(B([B])[B])B(B(B([B])[B])B([B])[B])B(B([B])[B])B([B])[B].[B]B([B])B([B])B(B([B])[B])B(B(B([B])[B])B([B])[B])B(B([B])[B])B([B])[B].[B][B]B(B([B])[B])B(B([B])[B])B(B(B([B])[B])B([B])[B])B(B([B])[B])B([B])[B].[Y]. The molecule has 3 N–H and O–H groups in total. The molecule has 9 aromatic rings. The van der Waals surface area contributed by atoms with Gasteiger partial charge in [-0.1, -0.05) is 175 Å². The number of aromatic amines is 2. The van der Waals surface area contributed by atoms with Crippen molar-refractivity contribution in [2.45, 2.75) is 55.7 Å². The van der Waals surface area contributed by atoms with Gasteiger partial charge in [0.05, 0.1) is 40.2 Å². The van der Waals surface area contributed by atoms with Crippen LogP contribution >= 0.6 is 80.6 Å². The van der Waals surface area contributed by atoms with Crippen molar-refractivity contribution in [3.05, 3.63) is 194 Å². The maximum atomic E-state index is 11.9. The fraction of sp³-hybridized carbons (Fsp3) is 0.304. The van der Waals surface area contributed by atoms with Crippen LogP contribution in [0.25, 0.3) is 30.6 Å². The standard InChI is InChI=1S/C20H21ClN2S2.C18H17ClN2OS.C17H15ClN2OS.CH4.B26.B25.B24.Y/c1-3-24-20-22-18-16(21)11-14-9-10-23(2)12-15(17(14)19(18)25-20)13-7-5-4-6-8-13;1-21-8-7-12-9-14(19)16-17(23-18(22)20-16)15(12)13(10-21)11-5-3-2-4-6-11;18-13-8-11-6-7-19-9-12(10-4-2-1-3-5-10)14(11)16-15(13)20-17(21)22-16;;1-15(2)22(16(3)4)25(21(13)14)26(23(17(5)6)18(7)8)24(19(9)10)20(11)12;1-14-21(15(2)3)24(20(12)13)25(22(16(4)5)17(6)7)23(18(8)9)19(10)11;1-14(2)20(13)23(19(11)12)24(21(15(3)4)16(5)6)22(17(7)8)18(9)10;/h4-8,11,15H,3,9-10,12H2,1-2H3;2-6,9,13H,7-8,10H2,1H3,(H,20,22);1-5,8,12,19H,6-7,9H2,(H,20,21);1H4;;;;/t15-;13-;12-;;;;;/m111...../s1. The summed E-state index contributed by atoms with van der Waals surface area (Å²) in [5.74, 6) is 1.89. The number of thioether (sulfide) groups is 1. The van der Waals surface area contributed by atoms with Crippen LogP contribution < -0.4 is 15.1 Å². The molecule has 596 valence electrons. The molecule has 0 saturated carbocycles. The van der Waals surface area contributed by atoms with Crippen LogP contribution in [-0.4, -0.2) is 618 Å². The van der Waals surface area contributed by atoms with E-state index in [4.69, 9.17) is 349 Å². The summed E-state index contributed by atoms with van der Waals surface area (Å²) >= 11 is 25.5. The van der Waals surface area contributed by atoms with E-state index in [1.165, 1.54) is 84.5 Å². The molecular formula is C56H57B75Cl3N6O2S4Y. The third-order valence-electron chi connectivity index (χ3n) is 27.6. The maximum absolute atomic E-state index is 11.9. The number of hydrogen-bond donors (Lipinski definition) is 3. The molecule has 82 radical (unpaired) electrons. The van der Waals surface area contributed by atoms with E-state index in [-0.39, 0.29) is 61.7 Å². The maximum Gasteiger partial charge on any atom is 0.305 e. The fourth-order valence-electron chi connectivity index (χ4n) is 21.2. The van der Waals surface area contributed by atoms with Crippen LogP contribution in [0.1, 0.15) is 82.2 Å². The monoisotopic (exact) mass is 1990 g/mol. The second kappa shape index (κ2) is 66.4. The number of hydrogen-bond acceptors (Lipinski definition) is 10. The van der Waals surface area contributed by atoms with Gasteiger partial charge in [0, 0.05) is 617 Å². The van der Waals surface area contributed by atoms with Gasteiger partial charge in [0.15, 0.2) is 4.34 Å². The van der Waals surface area contributed by atoms with E-state index in [0.717, 1.165) is 99.6 Å². The number of thiazole rings is 3. The molecule has 0 amide bonds. The summed E-state index contributed by atoms with van der Waals surface area (Å²) in [5, 5.41) is 5.59. The Labute approximate surface area is 1000 Å². The number of benzene rings is 6. The van der Waals surface area contributed by atoms with Crippen molar-refractivity contribution >= 4 is 645 Å². The van der Waals surface area contributed by atoms with E-state index in [9.17, 15) is 9.59 Å². The summed E-state index contributed by atoms with van der Waals surface area (Å²) in [6.07, 6.45) is -26.7. The molecule has 0 aliphatic carbocycles. The van der Waals surface area contributed by atoms with Gasteiger partial charge in [-0.3, -0.25) is 9.59 Å². The Bertz CT molecular complexity index is 5380. The smallest absolute Gasteiger partial charge is 0.305 e. The normalized spacial score (nSPS) is 13.5. The van der Waals surface area contributed by atoms with Crippen molar-refractivity contribution in [2.24, 2.45) is 0 Å². The van der Waals surface area contributed by atoms with Crippen molar-refractivity contribution < 1.29 is 32.7 Å². The zero-order valence-electron chi connectivity index (χ0n) is 83.0. The third kappa shape index (κ3) is 37.9. The summed E-state index contributed by atoms with van der Waals surface area (Å²) in [5.41, 5.74) is 14.3. The number of fused-ring (bicyclic) bond motifs is 9. The Hall–Kier alpha value is 1.66. The molecule has 8 nitrogen and oxygen atoms in total. The van der Waals surface area contributed by atoms with Gasteiger partial charge in [-0.15, -0.1) is 11.3 Å². The van der Waals surface area contributed by atoms with Crippen molar-refractivity contribution in [3.8, 4) is 0 Å². The zero-order chi connectivity index (χ0) is 109. The largest absolute Gasteiger partial charge is 0.315 e. The minimum absolute atomic E-state index is 0. The summed E-state index contributed by atoms with van der Waals surface area (Å²) in [6.45, 7) is 8.00. The molecule has 3 aliphatic rings. The number of aromatic nitrogens is 3. The van der Waals surface area contributed by atoms with Gasteiger partial charge in [0.25, 0.3) is 0 Å². The average Bonchev–Trinajstić information content (AvgIpc) is 1.61. The minimum atomic E-state index is -1.02. The van der Waals surface area contributed by atoms with Crippen LogP contribution in [0.2, 0.25) is 15.1 Å². The van der Waals surface area contributed by atoms with E-state index in [1.54, 1.807) is 11.8 Å². The molecule has 3 atom stereocenters. The number of nitrogens with zero attached hydrogens (tertiary/aromatic N) is 3. The van der Waals surface area contributed by atoms with Gasteiger partial charge >= 0.3 is 9.75 Å². The molecule has 0 bridgehead atoms. The minimum Gasteiger partial charge on any atom is -0.315 e.